The van der Waals surface area contributed by atoms with Gasteiger partial charge in [-0.25, -0.2) is 0 Å². The number of non-ortho nitro benzene ring substituents is 1. The van der Waals surface area contributed by atoms with Crippen LogP contribution >= 0.6 is 15.9 Å². The normalized spacial score (nSPS) is 10.4. The van der Waals surface area contributed by atoms with Crippen LogP contribution in [0.5, 0.6) is 5.75 Å². The molecule has 2 aromatic carbocycles. The number of hydrogen-bond donors (Lipinski definition) is 1. The van der Waals surface area contributed by atoms with Crippen LogP contribution in [0.25, 0.3) is 11.3 Å². The molecule has 8 heteroatoms. The molecule has 0 radical (unpaired) electrons. The number of benzene rings is 2. The first kappa shape index (κ1) is 17.7. The van der Waals surface area contributed by atoms with E-state index in [9.17, 15) is 14.9 Å². The van der Waals surface area contributed by atoms with E-state index in [0.717, 1.165) is 0 Å². The first-order valence-electron chi connectivity index (χ1n) is 7.47. The lowest BCUT2D eigenvalue weighted by molar-refractivity contribution is -0.384. The van der Waals surface area contributed by atoms with Gasteiger partial charge < -0.3 is 14.5 Å². The van der Waals surface area contributed by atoms with Crippen LogP contribution in [-0.2, 0) is 0 Å². The van der Waals surface area contributed by atoms with E-state index in [4.69, 9.17) is 9.15 Å². The number of methoxy groups -OCH3 is 1. The Morgan fingerprint density at radius 2 is 2.00 bits per heavy atom. The summed E-state index contributed by atoms with van der Waals surface area (Å²) in [6.07, 6.45) is 0. The zero-order valence-electron chi connectivity index (χ0n) is 13.6. The lowest BCUT2D eigenvalue weighted by Gasteiger charge is -2.07. The second-order valence-corrected chi connectivity index (χ2v) is 6.13. The lowest BCUT2D eigenvalue weighted by atomic mass is 10.1. The fraction of sp³-hybridized carbons (Fsp3) is 0.0556. The van der Waals surface area contributed by atoms with Crippen LogP contribution in [0.4, 0.5) is 11.4 Å². The molecule has 0 aliphatic carbocycles. The minimum atomic E-state index is -0.485. The summed E-state index contributed by atoms with van der Waals surface area (Å²) < 4.78 is 11.4. The summed E-state index contributed by atoms with van der Waals surface area (Å²) in [7, 11) is 1.55. The Hall–Kier alpha value is -3.13. The Kier molecular flexibility index (Phi) is 5.04. The van der Waals surface area contributed by atoms with Crippen molar-refractivity contribution < 1.29 is 18.9 Å². The smallest absolute Gasteiger partial charge is 0.291 e. The number of ether oxygens (including phenoxy) is 1. The summed E-state index contributed by atoms with van der Waals surface area (Å²) in [6, 6.07) is 14.3. The Labute approximate surface area is 156 Å². The van der Waals surface area contributed by atoms with Crippen molar-refractivity contribution in [1.82, 2.24) is 0 Å². The van der Waals surface area contributed by atoms with Gasteiger partial charge in [0.2, 0.25) is 0 Å². The van der Waals surface area contributed by atoms with Gasteiger partial charge in [-0.3, -0.25) is 14.9 Å². The van der Waals surface area contributed by atoms with E-state index < -0.39 is 10.8 Å². The summed E-state index contributed by atoms with van der Waals surface area (Å²) in [5, 5.41) is 13.6. The predicted molar refractivity (Wildman–Crippen MR) is 99.4 cm³/mol. The van der Waals surface area contributed by atoms with Gasteiger partial charge in [-0.2, -0.15) is 0 Å². The minimum absolute atomic E-state index is 0.0482. The van der Waals surface area contributed by atoms with E-state index >= 15 is 0 Å². The molecule has 0 aliphatic heterocycles. The molecular formula is C18H13BrN2O5. The van der Waals surface area contributed by atoms with E-state index in [1.807, 2.05) is 0 Å². The molecule has 1 amide bonds. The van der Waals surface area contributed by atoms with E-state index in [1.54, 1.807) is 43.5 Å². The number of nitro groups is 1. The highest BCUT2D eigenvalue weighted by atomic mass is 79.9. The molecule has 0 unspecified atom stereocenters. The summed E-state index contributed by atoms with van der Waals surface area (Å²) in [6.45, 7) is 0. The molecule has 7 nitrogen and oxygen atoms in total. The van der Waals surface area contributed by atoms with Crippen LogP contribution in [0.3, 0.4) is 0 Å². The molecule has 0 aliphatic rings. The van der Waals surface area contributed by atoms with Crippen molar-refractivity contribution in [3.05, 3.63) is 74.9 Å². The third-order valence-corrected chi connectivity index (χ3v) is 4.20. The first-order chi connectivity index (χ1) is 12.5. The molecule has 0 saturated carbocycles. The zero-order valence-corrected chi connectivity index (χ0v) is 15.1. The number of rotatable bonds is 5. The molecule has 3 rings (SSSR count). The van der Waals surface area contributed by atoms with Gasteiger partial charge in [0.15, 0.2) is 5.76 Å². The Morgan fingerprint density at radius 3 is 2.69 bits per heavy atom. The standard InChI is InChI=1S/C18H13BrN2O5/c1-25-16-6-5-12(10-14(16)19)20-18(22)17-8-7-15(26-17)11-3-2-4-13(9-11)21(23)24/h2-10H,1H3,(H,20,22). The molecule has 3 aromatic rings. The number of halogens is 1. The van der Waals surface area contributed by atoms with E-state index in [2.05, 4.69) is 21.2 Å². The number of nitrogens with zero attached hydrogens (tertiary/aromatic N) is 1. The van der Waals surface area contributed by atoms with Gasteiger partial charge in [0, 0.05) is 23.4 Å². The number of amides is 1. The van der Waals surface area contributed by atoms with E-state index in [-0.39, 0.29) is 11.4 Å². The Morgan fingerprint density at radius 1 is 1.19 bits per heavy atom. The van der Waals surface area contributed by atoms with Crippen molar-refractivity contribution >= 4 is 33.2 Å². The Balaban J connectivity index is 1.79. The molecule has 1 aromatic heterocycles. The zero-order chi connectivity index (χ0) is 18.7. The quantitative estimate of drug-likeness (QED) is 0.472. The summed E-state index contributed by atoms with van der Waals surface area (Å²) in [4.78, 5) is 22.7. The van der Waals surface area contributed by atoms with E-state index in [1.165, 1.54) is 18.2 Å². The van der Waals surface area contributed by atoms with Crippen LogP contribution in [0.15, 0.2) is 63.5 Å². The topological polar surface area (TPSA) is 94.6 Å². The minimum Gasteiger partial charge on any atom is -0.496 e. The largest absolute Gasteiger partial charge is 0.496 e. The van der Waals surface area contributed by atoms with Gasteiger partial charge >= 0.3 is 0 Å². The van der Waals surface area contributed by atoms with Crippen LogP contribution in [-0.4, -0.2) is 17.9 Å². The third kappa shape index (κ3) is 3.75. The number of furan rings is 1. The van der Waals surface area contributed by atoms with Crippen molar-refractivity contribution in [3.8, 4) is 17.1 Å². The maximum absolute atomic E-state index is 12.3. The number of hydrogen-bond acceptors (Lipinski definition) is 5. The van der Waals surface area contributed by atoms with Gasteiger partial charge in [0.05, 0.1) is 16.5 Å². The summed E-state index contributed by atoms with van der Waals surface area (Å²) in [5.74, 6) is 0.681. The lowest BCUT2D eigenvalue weighted by Crippen LogP contribution is -2.10. The molecule has 132 valence electrons. The molecule has 1 N–H and O–H groups in total. The van der Waals surface area contributed by atoms with Gasteiger partial charge in [-0.05, 0) is 46.3 Å². The number of carbonyl (C=O) groups excluding carboxylic acids is 1. The van der Waals surface area contributed by atoms with Crippen molar-refractivity contribution in [1.29, 1.82) is 0 Å². The second-order valence-electron chi connectivity index (χ2n) is 5.27. The average molecular weight is 417 g/mol. The van der Waals surface area contributed by atoms with Crippen molar-refractivity contribution in [3.63, 3.8) is 0 Å². The predicted octanol–water partition coefficient (Wildman–Crippen LogP) is 4.88. The third-order valence-electron chi connectivity index (χ3n) is 3.58. The highest BCUT2D eigenvalue weighted by Gasteiger charge is 2.15. The number of anilines is 1. The van der Waals surface area contributed by atoms with Crippen molar-refractivity contribution in [2.45, 2.75) is 0 Å². The molecule has 0 atom stereocenters. The highest BCUT2D eigenvalue weighted by Crippen LogP contribution is 2.29. The molecule has 0 saturated heterocycles. The number of nitro benzene ring substituents is 1. The van der Waals surface area contributed by atoms with Gasteiger partial charge in [-0.1, -0.05) is 12.1 Å². The monoisotopic (exact) mass is 416 g/mol. The highest BCUT2D eigenvalue weighted by molar-refractivity contribution is 9.10. The van der Waals surface area contributed by atoms with Crippen molar-refractivity contribution in [2.75, 3.05) is 12.4 Å². The molecule has 0 bridgehead atoms. The van der Waals surface area contributed by atoms with Gasteiger partial charge in [0.25, 0.3) is 11.6 Å². The second kappa shape index (κ2) is 7.40. The molecular weight excluding hydrogens is 404 g/mol. The average Bonchev–Trinajstić information content (AvgIpc) is 3.12. The Bertz CT molecular complexity index is 983. The van der Waals surface area contributed by atoms with Gasteiger partial charge in [-0.15, -0.1) is 0 Å². The van der Waals surface area contributed by atoms with Crippen molar-refractivity contribution in [2.24, 2.45) is 0 Å². The molecule has 26 heavy (non-hydrogen) atoms. The summed E-state index contributed by atoms with van der Waals surface area (Å²) in [5.41, 5.74) is 1.04. The van der Waals surface area contributed by atoms with Crippen LogP contribution in [0.2, 0.25) is 0 Å². The number of carbonyl (C=O) groups is 1. The first-order valence-corrected chi connectivity index (χ1v) is 8.27. The molecule has 1 heterocycles. The van der Waals surface area contributed by atoms with Crippen LogP contribution in [0.1, 0.15) is 10.6 Å². The fourth-order valence-electron chi connectivity index (χ4n) is 2.32. The molecule has 0 fully saturated rings. The van der Waals surface area contributed by atoms with Crippen LogP contribution in [0, 0.1) is 10.1 Å². The maximum atomic E-state index is 12.3. The number of nitrogens with one attached hydrogen (secondary N) is 1. The van der Waals surface area contributed by atoms with E-state index in [0.29, 0.717) is 27.2 Å². The summed E-state index contributed by atoms with van der Waals surface area (Å²) >= 11 is 3.35. The van der Waals surface area contributed by atoms with Gasteiger partial charge in [0.1, 0.15) is 11.5 Å². The fourth-order valence-corrected chi connectivity index (χ4v) is 2.87. The van der Waals surface area contributed by atoms with Crippen LogP contribution < -0.4 is 10.1 Å². The molecule has 0 spiro atoms. The SMILES string of the molecule is COc1ccc(NC(=O)c2ccc(-c3cccc([N+](=O)[O-])c3)o2)cc1Br. The maximum Gasteiger partial charge on any atom is 0.291 e.